The Labute approximate surface area is 206 Å². The third-order valence-electron chi connectivity index (χ3n) is 4.64. The Bertz CT molecular complexity index is 1270. The van der Waals surface area contributed by atoms with Crippen LogP contribution in [0, 0.1) is 18.6 Å². The van der Waals surface area contributed by atoms with Gasteiger partial charge in [0.1, 0.15) is 29.1 Å². The van der Waals surface area contributed by atoms with Crippen LogP contribution in [0.5, 0.6) is 0 Å². The van der Waals surface area contributed by atoms with Crippen molar-refractivity contribution < 1.29 is 8.78 Å². The highest BCUT2D eigenvalue weighted by molar-refractivity contribution is 7.97. The summed E-state index contributed by atoms with van der Waals surface area (Å²) in [4.78, 5) is 17.2. The summed E-state index contributed by atoms with van der Waals surface area (Å²) in [5, 5.41) is 3.64. The molecular formula is C24H23ClF2N6S. The molecule has 2 N–H and O–H groups in total. The molecule has 0 aliphatic carbocycles. The number of aromatic nitrogens is 3. The maximum atomic E-state index is 14.1. The predicted molar refractivity (Wildman–Crippen MR) is 135 cm³/mol. The van der Waals surface area contributed by atoms with E-state index in [4.69, 9.17) is 11.6 Å². The average molecular weight is 501 g/mol. The van der Waals surface area contributed by atoms with Crippen molar-refractivity contribution in [2.24, 2.45) is 4.99 Å². The van der Waals surface area contributed by atoms with Gasteiger partial charge >= 0.3 is 0 Å². The molecule has 176 valence electrons. The van der Waals surface area contributed by atoms with Crippen LogP contribution in [0.15, 0.2) is 75.0 Å². The van der Waals surface area contributed by atoms with Gasteiger partial charge in [0, 0.05) is 42.3 Å². The van der Waals surface area contributed by atoms with Gasteiger partial charge in [0.05, 0.1) is 10.6 Å². The lowest BCUT2D eigenvalue weighted by molar-refractivity contribution is 0.565. The maximum Gasteiger partial charge on any atom is 0.141 e. The molecule has 0 amide bonds. The number of allylic oxidation sites excluding steroid dienone is 3. The highest BCUT2D eigenvalue weighted by Gasteiger charge is 2.14. The first-order valence-electron chi connectivity index (χ1n) is 10.2. The van der Waals surface area contributed by atoms with Crippen LogP contribution in [-0.4, -0.2) is 28.2 Å². The summed E-state index contributed by atoms with van der Waals surface area (Å²) in [6.07, 6.45) is 5.06. The standard InChI is InChI=1S/C24H23ClF2N6S/c1-14(24(15(2)25)33-34-21-6-5-18(26)12-20(21)27)19(13-28-4)17-7-9-30-23(11-17)32-22-8-10-29-16(3)31-22/h5-13,33H,1-4H3,(H,29,30,31,32)/b19-14+,24-15-,28-13?. The van der Waals surface area contributed by atoms with Crippen molar-refractivity contribution in [2.45, 2.75) is 25.7 Å². The molecule has 0 radical (unpaired) electrons. The van der Waals surface area contributed by atoms with Crippen LogP contribution in [0.3, 0.4) is 0 Å². The number of hydrogen-bond donors (Lipinski definition) is 2. The molecule has 0 fully saturated rings. The Morgan fingerprint density at radius 2 is 1.82 bits per heavy atom. The predicted octanol–water partition coefficient (Wildman–Crippen LogP) is 6.44. The third-order valence-corrected chi connectivity index (χ3v) is 5.69. The zero-order chi connectivity index (χ0) is 24.7. The van der Waals surface area contributed by atoms with Gasteiger partial charge in [-0.15, -0.1) is 0 Å². The molecule has 0 spiro atoms. The summed E-state index contributed by atoms with van der Waals surface area (Å²) >= 11 is 7.39. The van der Waals surface area contributed by atoms with Gasteiger partial charge in [0.2, 0.25) is 0 Å². The van der Waals surface area contributed by atoms with Crippen LogP contribution in [0.4, 0.5) is 20.4 Å². The summed E-state index contributed by atoms with van der Waals surface area (Å²) in [5.41, 5.74) is 2.99. The van der Waals surface area contributed by atoms with Crippen molar-refractivity contribution in [1.29, 1.82) is 0 Å². The van der Waals surface area contributed by atoms with Crippen molar-refractivity contribution in [1.82, 2.24) is 19.7 Å². The molecule has 6 nitrogen and oxygen atoms in total. The van der Waals surface area contributed by atoms with Crippen LogP contribution in [0.25, 0.3) is 5.57 Å². The number of halogens is 3. The molecule has 0 atom stereocenters. The minimum Gasteiger partial charge on any atom is -0.325 e. The van der Waals surface area contributed by atoms with E-state index in [0.29, 0.717) is 28.2 Å². The van der Waals surface area contributed by atoms with E-state index in [1.807, 2.05) is 26.0 Å². The third kappa shape index (κ3) is 6.61. The lowest BCUT2D eigenvalue weighted by Crippen LogP contribution is -2.09. The van der Waals surface area contributed by atoms with Crippen LogP contribution in [0.2, 0.25) is 0 Å². The first-order valence-corrected chi connectivity index (χ1v) is 11.4. The number of nitrogens with one attached hydrogen (secondary N) is 2. The van der Waals surface area contributed by atoms with Crippen molar-refractivity contribution in [3.8, 4) is 0 Å². The largest absolute Gasteiger partial charge is 0.325 e. The molecule has 34 heavy (non-hydrogen) atoms. The van der Waals surface area contributed by atoms with Gasteiger partial charge in [0.25, 0.3) is 0 Å². The van der Waals surface area contributed by atoms with Crippen molar-refractivity contribution in [3.05, 3.63) is 88.1 Å². The molecule has 2 heterocycles. The second kappa shape index (κ2) is 11.7. The first-order chi connectivity index (χ1) is 16.3. The fourth-order valence-electron chi connectivity index (χ4n) is 3.04. The molecule has 0 aliphatic heterocycles. The number of anilines is 2. The van der Waals surface area contributed by atoms with E-state index in [0.717, 1.165) is 34.7 Å². The van der Waals surface area contributed by atoms with Crippen LogP contribution < -0.4 is 10.0 Å². The Kier molecular flexibility index (Phi) is 8.72. The smallest absolute Gasteiger partial charge is 0.141 e. The molecular weight excluding hydrogens is 478 g/mol. The van der Waals surface area contributed by atoms with Gasteiger partial charge in [-0.3, -0.25) is 4.99 Å². The van der Waals surface area contributed by atoms with Gasteiger partial charge < -0.3 is 10.0 Å². The van der Waals surface area contributed by atoms with E-state index >= 15 is 0 Å². The van der Waals surface area contributed by atoms with Crippen molar-refractivity contribution >= 4 is 47.0 Å². The van der Waals surface area contributed by atoms with E-state index in [1.165, 1.54) is 12.1 Å². The molecule has 2 aromatic heterocycles. The number of aliphatic imine (C=N–C) groups is 1. The summed E-state index contributed by atoms with van der Waals surface area (Å²) in [6.45, 7) is 5.42. The maximum absolute atomic E-state index is 14.1. The van der Waals surface area contributed by atoms with Crippen molar-refractivity contribution in [3.63, 3.8) is 0 Å². The lowest BCUT2D eigenvalue weighted by atomic mass is 10.0. The number of nitrogens with zero attached hydrogens (tertiary/aromatic N) is 4. The Hall–Kier alpha value is -3.30. The monoisotopic (exact) mass is 500 g/mol. The number of rotatable bonds is 8. The summed E-state index contributed by atoms with van der Waals surface area (Å²) < 4.78 is 30.4. The molecule has 1 aromatic carbocycles. The Morgan fingerprint density at radius 1 is 1.06 bits per heavy atom. The highest BCUT2D eigenvalue weighted by atomic mass is 35.5. The number of aryl methyl sites for hydroxylation is 1. The first kappa shape index (κ1) is 25.3. The Balaban J connectivity index is 1.93. The molecule has 0 unspecified atom stereocenters. The zero-order valence-corrected chi connectivity index (χ0v) is 20.6. The minimum absolute atomic E-state index is 0.242. The fourth-order valence-corrected chi connectivity index (χ4v) is 4.10. The Morgan fingerprint density at radius 3 is 2.50 bits per heavy atom. The van der Waals surface area contributed by atoms with Crippen molar-refractivity contribution in [2.75, 3.05) is 12.4 Å². The van der Waals surface area contributed by atoms with Gasteiger partial charge in [-0.1, -0.05) is 11.6 Å². The van der Waals surface area contributed by atoms with Crippen LogP contribution in [0.1, 0.15) is 25.2 Å². The van der Waals surface area contributed by atoms with Gasteiger partial charge in [0.15, 0.2) is 0 Å². The van der Waals surface area contributed by atoms with E-state index < -0.39 is 11.6 Å². The number of benzene rings is 1. The quantitative estimate of drug-likeness (QED) is 0.210. The SMILES string of the molecule is CN=C/C(=C(C)\C(NSc1ccc(F)cc1F)=C(/C)Cl)c1ccnc(Nc2ccnc(C)n2)c1. The second-order valence-corrected chi connectivity index (χ2v) is 8.57. The molecule has 0 saturated heterocycles. The van der Waals surface area contributed by atoms with E-state index in [9.17, 15) is 8.78 Å². The van der Waals surface area contributed by atoms with E-state index in [2.05, 4.69) is 30.0 Å². The van der Waals surface area contributed by atoms with E-state index in [1.54, 1.807) is 38.6 Å². The molecule has 0 saturated carbocycles. The molecule has 0 bridgehead atoms. The summed E-state index contributed by atoms with van der Waals surface area (Å²) in [5.74, 6) is 0.562. The van der Waals surface area contributed by atoms with Crippen LogP contribution in [-0.2, 0) is 0 Å². The van der Waals surface area contributed by atoms with Crippen LogP contribution >= 0.6 is 23.5 Å². The highest BCUT2D eigenvalue weighted by Crippen LogP contribution is 2.29. The molecule has 3 rings (SSSR count). The summed E-state index contributed by atoms with van der Waals surface area (Å²) in [7, 11) is 1.67. The molecule has 10 heteroatoms. The minimum atomic E-state index is -0.661. The van der Waals surface area contributed by atoms with E-state index in [-0.39, 0.29) is 4.90 Å². The number of hydrogen-bond acceptors (Lipinski definition) is 7. The van der Waals surface area contributed by atoms with Gasteiger partial charge in [-0.2, -0.15) is 0 Å². The molecule has 3 aromatic rings. The van der Waals surface area contributed by atoms with Gasteiger partial charge in [-0.25, -0.2) is 23.7 Å². The van der Waals surface area contributed by atoms with Gasteiger partial charge in [-0.05, 0) is 74.2 Å². The fraction of sp³-hybridized carbons (Fsp3) is 0.167. The molecule has 0 aliphatic rings. The second-order valence-electron chi connectivity index (χ2n) is 7.16. The number of pyridine rings is 1. The summed E-state index contributed by atoms with van der Waals surface area (Å²) in [6, 6.07) is 8.88. The topological polar surface area (TPSA) is 75.1 Å². The zero-order valence-electron chi connectivity index (χ0n) is 19.0. The lowest BCUT2D eigenvalue weighted by Gasteiger charge is -2.16. The normalized spacial score (nSPS) is 12.9. The average Bonchev–Trinajstić information content (AvgIpc) is 2.78.